The molecule has 0 radical (unpaired) electrons. The molecule has 1 unspecified atom stereocenters. The van der Waals surface area contributed by atoms with Gasteiger partial charge < -0.3 is 29.4 Å². The van der Waals surface area contributed by atoms with E-state index in [9.17, 15) is 9.18 Å². The molecule has 3 aromatic rings. The number of nitrogens with one attached hydrogen (secondary N) is 1. The van der Waals surface area contributed by atoms with Gasteiger partial charge >= 0.3 is 6.01 Å². The lowest BCUT2D eigenvalue weighted by molar-refractivity contribution is -0.131. The first-order chi connectivity index (χ1) is 20.4. The topological polar surface area (TPSA) is 84.2 Å². The Morgan fingerprint density at radius 3 is 2.86 bits per heavy atom. The van der Waals surface area contributed by atoms with Crippen molar-refractivity contribution in [3.8, 4) is 6.01 Å². The van der Waals surface area contributed by atoms with Gasteiger partial charge in [0.2, 0.25) is 6.54 Å². The van der Waals surface area contributed by atoms with E-state index in [-0.39, 0.29) is 37.9 Å². The minimum atomic E-state index is -1.03. The maximum Gasteiger partial charge on any atom is 0.318 e. The summed E-state index contributed by atoms with van der Waals surface area (Å²) >= 11 is 6.64. The van der Waals surface area contributed by atoms with Crippen molar-refractivity contribution in [3.05, 3.63) is 82.1 Å². The lowest BCUT2D eigenvalue weighted by Crippen LogP contribution is -2.57. The molecule has 42 heavy (non-hydrogen) atoms. The second-order valence-corrected chi connectivity index (χ2v) is 11.3. The number of carbonyl (C=O) groups excluding carboxylic acids is 1. The van der Waals surface area contributed by atoms with Crippen LogP contribution in [0.1, 0.15) is 35.8 Å². The van der Waals surface area contributed by atoms with Gasteiger partial charge in [-0.2, -0.15) is 9.97 Å². The van der Waals surface area contributed by atoms with Crippen molar-refractivity contribution in [2.24, 2.45) is 0 Å². The van der Waals surface area contributed by atoms with E-state index >= 15 is 0 Å². The molecule has 3 atom stereocenters. The Morgan fingerprint density at radius 2 is 2.10 bits per heavy atom. The van der Waals surface area contributed by atoms with E-state index in [4.69, 9.17) is 37.6 Å². The van der Waals surface area contributed by atoms with Gasteiger partial charge in [0.25, 0.3) is 5.91 Å². The van der Waals surface area contributed by atoms with Crippen LogP contribution in [0, 0.1) is 6.57 Å². The number of anilines is 1. The zero-order chi connectivity index (χ0) is 29.2. The highest BCUT2D eigenvalue weighted by molar-refractivity contribution is 6.35. The summed E-state index contributed by atoms with van der Waals surface area (Å²) in [4.78, 5) is 29.1. The van der Waals surface area contributed by atoms with Crippen molar-refractivity contribution in [3.63, 3.8) is 0 Å². The van der Waals surface area contributed by atoms with Crippen molar-refractivity contribution in [2.75, 3.05) is 44.2 Å². The van der Waals surface area contributed by atoms with E-state index in [0.29, 0.717) is 37.0 Å². The summed E-state index contributed by atoms with van der Waals surface area (Å²) in [5.74, 6) is -1.15. The molecule has 1 N–H and O–H groups in total. The fourth-order valence-electron chi connectivity index (χ4n) is 6.15. The van der Waals surface area contributed by atoms with Crippen molar-refractivity contribution in [1.29, 1.82) is 0 Å². The Bertz CT molecular complexity index is 1550. The number of carbonyl (C=O) groups is 1. The predicted octanol–water partition coefficient (Wildman–Crippen LogP) is 4.65. The number of piperazine rings is 1. The number of hydrogen-bond acceptors (Lipinski definition) is 7. The monoisotopic (exact) mass is 590 g/mol. The molecular weight excluding hydrogens is 559 g/mol. The lowest BCUT2D eigenvalue weighted by atomic mass is 9.94. The zero-order valence-corrected chi connectivity index (χ0v) is 23.9. The molecule has 0 aliphatic carbocycles. The largest absolute Gasteiger partial charge is 0.462 e. The summed E-state index contributed by atoms with van der Waals surface area (Å²) in [5.41, 5.74) is 2.67. The van der Waals surface area contributed by atoms with Crippen LogP contribution >= 0.6 is 11.6 Å². The predicted molar refractivity (Wildman–Crippen MR) is 158 cm³/mol. The number of benzene rings is 2. The van der Waals surface area contributed by atoms with Crippen LogP contribution in [0.4, 0.5) is 10.2 Å². The summed E-state index contributed by atoms with van der Waals surface area (Å²) < 4.78 is 26.3. The van der Waals surface area contributed by atoms with Crippen LogP contribution < -0.4 is 15.0 Å². The van der Waals surface area contributed by atoms with Crippen LogP contribution in [0.5, 0.6) is 6.01 Å². The van der Waals surface area contributed by atoms with Gasteiger partial charge in [0.05, 0.1) is 18.4 Å². The van der Waals surface area contributed by atoms with E-state index in [1.54, 1.807) is 0 Å². The van der Waals surface area contributed by atoms with Crippen LogP contribution in [0.15, 0.2) is 48.8 Å². The van der Waals surface area contributed by atoms with Gasteiger partial charge in [0.1, 0.15) is 18.5 Å². The number of fused-ring (bicyclic) bond motifs is 2. The van der Waals surface area contributed by atoms with Crippen molar-refractivity contribution < 1.29 is 18.7 Å². The molecule has 0 spiro atoms. The molecule has 2 fully saturated rings. The third kappa shape index (κ3) is 5.64. The third-order valence-electron chi connectivity index (χ3n) is 8.24. The fraction of sp³-hybridized carbons (Fsp3) is 0.419. The van der Waals surface area contributed by atoms with Crippen molar-refractivity contribution in [2.45, 2.75) is 44.1 Å². The molecule has 1 amide bonds. The average Bonchev–Trinajstić information content (AvgIpc) is 3.53. The number of amides is 1. The summed E-state index contributed by atoms with van der Waals surface area (Å²) in [6, 6.07) is 12.0. The summed E-state index contributed by atoms with van der Waals surface area (Å²) in [7, 11) is 0. The smallest absolute Gasteiger partial charge is 0.318 e. The highest BCUT2D eigenvalue weighted by Crippen LogP contribution is 2.39. The highest BCUT2D eigenvalue weighted by Gasteiger charge is 2.37. The molecule has 0 bridgehead atoms. The molecule has 2 saturated heterocycles. The first-order valence-corrected chi connectivity index (χ1v) is 14.6. The maximum absolute atomic E-state index is 13.8. The Kier molecular flexibility index (Phi) is 8.24. The third-order valence-corrected chi connectivity index (χ3v) is 8.56. The van der Waals surface area contributed by atoms with Crippen molar-refractivity contribution in [1.82, 2.24) is 20.2 Å². The van der Waals surface area contributed by atoms with E-state index in [0.717, 1.165) is 47.0 Å². The highest BCUT2D eigenvalue weighted by atomic mass is 35.5. The second kappa shape index (κ2) is 12.2. The van der Waals surface area contributed by atoms with Crippen LogP contribution in [-0.2, 0) is 22.6 Å². The molecule has 6 rings (SSSR count). The molecule has 2 aromatic carbocycles. The Morgan fingerprint density at radius 1 is 1.26 bits per heavy atom. The Hall–Kier alpha value is -3.78. The number of ether oxygens (including phenoxy) is 2. The van der Waals surface area contributed by atoms with Gasteiger partial charge in [-0.05, 0) is 36.4 Å². The van der Waals surface area contributed by atoms with Crippen molar-refractivity contribution >= 4 is 34.1 Å². The quantitative estimate of drug-likeness (QED) is 0.317. The van der Waals surface area contributed by atoms with E-state index in [2.05, 4.69) is 16.7 Å². The maximum atomic E-state index is 13.8. The molecule has 0 saturated carbocycles. The number of hydrogen-bond donors (Lipinski definition) is 1. The molecule has 3 aliphatic rings. The number of rotatable bonds is 7. The van der Waals surface area contributed by atoms with Gasteiger partial charge in [0, 0.05) is 48.1 Å². The van der Waals surface area contributed by atoms with Crippen LogP contribution in [0.25, 0.3) is 15.6 Å². The zero-order valence-electron chi connectivity index (χ0n) is 23.2. The van der Waals surface area contributed by atoms with Gasteiger partial charge in [-0.15, -0.1) is 0 Å². The van der Waals surface area contributed by atoms with Crippen LogP contribution in [-0.4, -0.2) is 72.2 Å². The molecule has 218 valence electrons. The molecule has 1 aromatic heterocycles. The lowest BCUT2D eigenvalue weighted by Gasteiger charge is -2.40. The SMILES string of the molecule is [C-]#[N+]C[C@H]1CN(c2nc(OC[C@@H]3CCCN3)nc3c2COC(c2cccc4cccc(Cl)c24)C3)CCN1C(=O)C(=C)F. The van der Waals surface area contributed by atoms with Gasteiger partial charge in [-0.3, -0.25) is 4.79 Å². The first-order valence-electron chi connectivity index (χ1n) is 14.2. The van der Waals surface area contributed by atoms with Gasteiger partial charge in [-0.1, -0.05) is 48.5 Å². The summed E-state index contributed by atoms with van der Waals surface area (Å²) in [6.45, 7) is 13.3. The van der Waals surface area contributed by atoms with Gasteiger partial charge in [0.15, 0.2) is 5.83 Å². The minimum Gasteiger partial charge on any atom is -0.462 e. The summed E-state index contributed by atoms with van der Waals surface area (Å²) in [6.07, 6.45) is 2.36. The normalized spacial score (nSPS) is 22.1. The molecule has 11 heteroatoms. The Balaban J connectivity index is 1.33. The van der Waals surface area contributed by atoms with E-state index < -0.39 is 17.8 Å². The average molecular weight is 591 g/mol. The van der Waals surface area contributed by atoms with Crippen LogP contribution in [0.3, 0.4) is 0 Å². The Labute approximate surface area is 249 Å². The molecule has 9 nitrogen and oxygen atoms in total. The molecular formula is C31H32ClFN6O3. The second-order valence-electron chi connectivity index (χ2n) is 10.9. The molecule has 3 aliphatic heterocycles. The summed E-state index contributed by atoms with van der Waals surface area (Å²) in [5, 5.41) is 6.11. The fourth-order valence-corrected chi connectivity index (χ4v) is 6.44. The first kappa shape index (κ1) is 28.3. The molecule has 4 heterocycles. The van der Waals surface area contributed by atoms with E-state index in [1.807, 2.05) is 41.3 Å². The number of nitrogens with zero attached hydrogens (tertiary/aromatic N) is 5. The number of halogens is 2. The van der Waals surface area contributed by atoms with Gasteiger partial charge in [-0.25, -0.2) is 11.0 Å². The standard InChI is InChI=1S/C31H32ClFN6O3/c1-19(33)30(40)39-13-12-38(16-22(39)15-34-2)29-24-18-41-27(23-9-3-6-20-7-4-10-25(32)28(20)23)14-26(24)36-31(37-29)42-17-21-8-5-11-35-21/h3-4,6-7,9-10,21-22,27,35H,1,5,8,11-18H2/t21-,22-,27?/m0/s1. The van der Waals surface area contributed by atoms with Crippen LogP contribution in [0.2, 0.25) is 5.02 Å². The number of aromatic nitrogens is 2. The van der Waals surface area contributed by atoms with E-state index in [1.165, 1.54) is 4.90 Å². The minimum absolute atomic E-state index is 0.0416.